The van der Waals surface area contributed by atoms with E-state index in [9.17, 15) is 0 Å². The fourth-order valence-corrected chi connectivity index (χ4v) is 3.27. The zero-order valence-corrected chi connectivity index (χ0v) is 16.0. The molecule has 0 aromatic heterocycles. The van der Waals surface area contributed by atoms with Crippen molar-refractivity contribution in [2.45, 2.75) is 65.3 Å². The molecule has 0 aliphatic heterocycles. The Morgan fingerprint density at radius 2 is 1.43 bits per heavy atom. The van der Waals surface area contributed by atoms with E-state index in [1.807, 2.05) is 0 Å². The minimum Gasteiger partial charge on any atom is -1.00 e. The van der Waals surface area contributed by atoms with Gasteiger partial charge in [-0.3, -0.25) is 0 Å². The van der Waals surface area contributed by atoms with Crippen LogP contribution in [0, 0.1) is 0 Å². The van der Waals surface area contributed by atoms with Gasteiger partial charge in [0.2, 0.25) is 0 Å². The summed E-state index contributed by atoms with van der Waals surface area (Å²) in [7, 11) is 0. The third-order valence-electron chi connectivity index (χ3n) is 4.62. The smallest absolute Gasteiger partial charge is 0.104 e. The molecule has 0 aliphatic rings. The predicted molar refractivity (Wildman–Crippen MR) is 98.9 cm³/mol. The molecule has 2 heteroatoms. The second-order valence-electron chi connectivity index (χ2n) is 6.65. The number of rotatable bonds is 13. The molecule has 132 valence electrons. The van der Waals surface area contributed by atoms with Gasteiger partial charge in [-0.2, -0.15) is 0 Å². The number of hydrogen-bond donors (Lipinski definition) is 0. The van der Waals surface area contributed by atoms with Crippen molar-refractivity contribution in [3.05, 3.63) is 48.6 Å². The lowest BCUT2D eigenvalue weighted by molar-refractivity contribution is -0.941. The maximum atomic E-state index is 3.86. The van der Waals surface area contributed by atoms with Crippen LogP contribution in [0.1, 0.15) is 64.4 Å². The molecule has 0 saturated carbocycles. The highest BCUT2D eigenvalue weighted by molar-refractivity contribution is 5.13. The Hall–Kier alpha value is -0.790. The zero-order valence-electron chi connectivity index (χ0n) is 15.3. The fraction of sp³-hybridized carbons (Fsp3) is 0.619. The summed E-state index contributed by atoms with van der Waals surface area (Å²) < 4.78 is 1.28. The molecule has 0 amide bonds. The third-order valence-corrected chi connectivity index (χ3v) is 4.62. The molecule has 0 heterocycles. The van der Waals surface area contributed by atoms with E-state index < -0.39 is 0 Å². The first-order valence-electron chi connectivity index (χ1n) is 9.26. The summed E-state index contributed by atoms with van der Waals surface area (Å²) in [6.07, 6.45) is 11.1. The largest absolute Gasteiger partial charge is 1.00 e. The minimum atomic E-state index is 0. The molecule has 0 spiro atoms. The van der Waals surface area contributed by atoms with Gasteiger partial charge in [-0.15, -0.1) is 6.58 Å². The lowest BCUT2D eigenvalue weighted by Gasteiger charge is -2.39. The number of unbranched alkanes of at least 4 members (excludes halogenated alkanes) is 4. The lowest BCUT2D eigenvalue weighted by atomic mass is 10.1. The number of allylic oxidation sites excluding steroid dienone is 1. The zero-order chi connectivity index (χ0) is 16.1. The number of benzene rings is 1. The molecule has 0 aliphatic carbocycles. The van der Waals surface area contributed by atoms with E-state index >= 15 is 0 Å². The average molecular weight is 338 g/mol. The highest BCUT2D eigenvalue weighted by atomic mass is 35.5. The van der Waals surface area contributed by atoms with Crippen molar-refractivity contribution in [3.63, 3.8) is 0 Å². The second kappa shape index (κ2) is 13.6. The molecule has 1 aromatic rings. The number of nitrogens with zero attached hydrogens (tertiary/aromatic N) is 1. The van der Waals surface area contributed by atoms with Crippen LogP contribution in [0.4, 0.5) is 0 Å². The van der Waals surface area contributed by atoms with E-state index in [0.717, 1.165) is 6.42 Å². The van der Waals surface area contributed by atoms with E-state index in [0.29, 0.717) is 0 Å². The predicted octanol–water partition coefficient (Wildman–Crippen LogP) is 2.96. The van der Waals surface area contributed by atoms with Gasteiger partial charge in [-0.05, 0) is 32.1 Å². The second-order valence-corrected chi connectivity index (χ2v) is 6.65. The summed E-state index contributed by atoms with van der Waals surface area (Å²) in [4.78, 5) is 0. The fourth-order valence-electron chi connectivity index (χ4n) is 3.27. The molecule has 1 nitrogen and oxygen atoms in total. The highest BCUT2D eigenvalue weighted by Gasteiger charge is 2.26. The standard InChI is InChI=1S/C21H36N.ClH/c1-4-7-10-14-19-22(17-8-5-2,18-9-6-3)20-21-15-12-11-13-16-21;/h4,11-13,15-16H,1,5-10,14,17-20H2,2-3H3;1H/q+1;/p-1. The summed E-state index contributed by atoms with van der Waals surface area (Å²) in [6.45, 7) is 13.7. The van der Waals surface area contributed by atoms with Crippen molar-refractivity contribution in [2.24, 2.45) is 0 Å². The topological polar surface area (TPSA) is 0 Å². The molecule has 23 heavy (non-hydrogen) atoms. The number of hydrogen-bond acceptors (Lipinski definition) is 0. The van der Waals surface area contributed by atoms with Crippen molar-refractivity contribution < 1.29 is 16.9 Å². The average Bonchev–Trinajstić information content (AvgIpc) is 2.56. The number of quaternary nitrogens is 1. The Morgan fingerprint density at radius 1 is 0.870 bits per heavy atom. The Bertz CT molecular complexity index is 380. The van der Waals surface area contributed by atoms with Crippen LogP contribution >= 0.6 is 0 Å². The van der Waals surface area contributed by atoms with Gasteiger partial charge >= 0.3 is 0 Å². The molecule has 1 rings (SSSR count). The Kier molecular flexibility index (Phi) is 13.2. The summed E-state index contributed by atoms with van der Waals surface area (Å²) in [6, 6.07) is 11.1. The minimum absolute atomic E-state index is 0. The van der Waals surface area contributed by atoms with Crippen molar-refractivity contribution in [3.8, 4) is 0 Å². The maximum absolute atomic E-state index is 3.86. The van der Waals surface area contributed by atoms with E-state index in [2.05, 4.69) is 56.8 Å². The quantitative estimate of drug-likeness (QED) is 0.295. The van der Waals surface area contributed by atoms with Crippen LogP contribution in [0.5, 0.6) is 0 Å². The van der Waals surface area contributed by atoms with E-state index in [-0.39, 0.29) is 12.4 Å². The van der Waals surface area contributed by atoms with Gasteiger partial charge in [0, 0.05) is 5.56 Å². The van der Waals surface area contributed by atoms with E-state index in [1.54, 1.807) is 0 Å². The molecule has 0 unspecified atom stereocenters. The summed E-state index contributed by atoms with van der Waals surface area (Å²) >= 11 is 0. The molecular weight excluding hydrogens is 302 g/mol. The normalized spacial score (nSPS) is 11.0. The van der Waals surface area contributed by atoms with Gasteiger partial charge in [-0.1, -0.05) is 63.1 Å². The van der Waals surface area contributed by atoms with Crippen molar-refractivity contribution >= 4 is 0 Å². The van der Waals surface area contributed by atoms with Crippen molar-refractivity contribution in [1.29, 1.82) is 0 Å². The van der Waals surface area contributed by atoms with Gasteiger partial charge in [0.25, 0.3) is 0 Å². The number of halogens is 1. The van der Waals surface area contributed by atoms with Gasteiger partial charge in [0.05, 0.1) is 19.6 Å². The third kappa shape index (κ3) is 9.17. The summed E-state index contributed by atoms with van der Waals surface area (Å²) in [5, 5.41) is 0. The first-order chi connectivity index (χ1) is 10.8. The summed E-state index contributed by atoms with van der Waals surface area (Å²) in [5.74, 6) is 0. The van der Waals surface area contributed by atoms with E-state index in [1.165, 1.54) is 74.8 Å². The molecule has 0 N–H and O–H groups in total. The lowest BCUT2D eigenvalue weighted by Crippen LogP contribution is -3.00. The first-order valence-corrected chi connectivity index (χ1v) is 9.26. The van der Waals surface area contributed by atoms with Gasteiger partial charge < -0.3 is 16.9 Å². The SMILES string of the molecule is C=CCCCC[N+](CCCC)(CCCC)Cc1ccccc1.[Cl-]. The molecule has 0 fully saturated rings. The van der Waals surface area contributed by atoms with Gasteiger partial charge in [0.1, 0.15) is 6.54 Å². The van der Waals surface area contributed by atoms with Crippen LogP contribution in [0.15, 0.2) is 43.0 Å². The first kappa shape index (κ1) is 22.2. The maximum Gasteiger partial charge on any atom is 0.104 e. The molecule has 0 bridgehead atoms. The van der Waals surface area contributed by atoms with Crippen LogP contribution in [0.25, 0.3) is 0 Å². The molecule has 0 saturated heterocycles. The Balaban J connectivity index is 0.00000484. The van der Waals surface area contributed by atoms with Gasteiger partial charge in [0.15, 0.2) is 0 Å². The van der Waals surface area contributed by atoms with Crippen LogP contribution in [0.2, 0.25) is 0 Å². The molecule has 0 atom stereocenters. The van der Waals surface area contributed by atoms with Gasteiger partial charge in [-0.25, -0.2) is 0 Å². The molecule has 0 radical (unpaired) electrons. The Morgan fingerprint density at radius 3 is 1.96 bits per heavy atom. The monoisotopic (exact) mass is 337 g/mol. The van der Waals surface area contributed by atoms with Crippen LogP contribution in [-0.2, 0) is 6.54 Å². The molecule has 1 aromatic carbocycles. The Labute approximate surface area is 150 Å². The van der Waals surface area contributed by atoms with Crippen molar-refractivity contribution in [1.82, 2.24) is 0 Å². The van der Waals surface area contributed by atoms with Crippen LogP contribution in [0.3, 0.4) is 0 Å². The molecular formula is C21H36ClN. The highest BCUT2D eigenvalue weighted by Crippen LogP contribution is 2.20. The van der Waals surface area contributed by atoms with E-state index in [4.69, 9.17) is 0 Å². The van der Waals surface area contributed by atoms with Crippen LogP contribution in [-0.4, -0.2) is 24.1 Å². The summed E-state index contributed by atoms with van der Waals surface area (Å²) in [5.41, 5.74) is 1.50. The van der Waals surface area contributed by atoms with Crippen LogP contribution < -0.4 is 12.4 Å². The van der Waals surface area contributed by atoms with Crippen molar-refractivity contribution in [2.75, 3.05) is 19.6 Å².